The smallest absolute Gasteiger partial charge is 0.250 e. The minimum absolute atomic E-state index is 0.0677. The highest BCUT2D eigenvalue weighted by Gasteiger charge is 2.37. The van der Waals surface area contributed by atoms with Crippen molar-refractivity contribution >= 4 is 11.6 Å². The van der Waals surface area contributed by atoms with E-state index in [1.807, 2.05) is 31.2 Å². The van der Waals surface area contributed by atoms with Crippen molar-refractivity contribution in [3.63, 3.8) is 0 Å². The fourth-order valence-corrected chi connectivity index (χ4v) is 2.84. The Kier molecular flexibility index (Phi) is 4.78. The van der Waals surface area contributed by atoms with Gasteiger partial charge in [-0.2, -0.15) is 0 Å². The van der Waals surface area contributed by atoms with E-state index in [2.05, 4.69) is 12.2 Å². The minimum Gasteiger partial charge on any atom is -0.364 e. The van der Waals surface area contributed by atoms with Crippen molar-refractivity contribution in [2.75, 3.05) is 18.5 Å². The maximum atomic E-state index is 12.0. The monoisotopic (exact) mass is 276 g/mol. The van der Waals surface area contributed by atoms with Crippen LogP contribution < -0.4 is 11.1 Å². The van der Waals surface area contributed by atoms with Crippen LogP contribution >= 0.6 is 0 Å². The van der Waals surface area contributed by atoms with Crippen LogP contribution in [0.3, 0.4) is 0 Å². The van der Waals surface area contributed by atoms with Crippen LogP contribution in [0.5, 0.6) is 0 Å². The molecular formula is C16H24N2O2. The zero-order valence-corrected chi connectivity index (χ0v) is 12.3. The normalized spacial score (nSPS) is 25.6. The number of nitrogens with two attached hydrogens (primary N) is 1. The van der Waals surface area contributed by atoms with Gasteiger partial charge in [-0.25, -0.2) is 0 Å². The zero-order valence-electron chi connectivity index (χ0n) is 12.3. The summed E-state index contributed by atoms with van der Waals surface area (Å²) in [5, 5.41) is 2.88. The average molecular weight is 276 g/mol. The molecule has 0 heterocycles. The molecule has 0 bridgehead atoms. The number of nitrogens with one attached hydrogen (secondary N) is 1. The van der Waals surface area contributed by atoms with E-state index in [-0.39, 0.29) is 18.1 Å². The maximum Gasteiger partial charge on any atom is 0.250 e. The van der Waals surface area contributed by atoms with Gasteiger partial charge in [-0.3, -0.25) is 4.79 Å². The lowest BCUT2D eigenvalue weighted by molar-refractivity contribution is -0.127. The predicted octanol–water partition coefficient (Wildman–Crippen LogP) is 2.47. The van der Waals surface area contributed by atoms with E-state index in [0.717, 1.165) is 30.5 Å². The van der Waals surface area contributed by atoms with E-state index in [1.54, 1.807) is 0 Å². The summed E-state index contributed by atoms with van der Waals surface area (Å²) in [7, 11) is 0. The third kappa shape index (κ3) is 3.58. The molecule has 1 aromatic carbocycles. The minimum atomic E-state index is -0.303. The fourth-order valence-electron chi connectivity index (χ4n) is 2.84. The molecule has 1 aromatic rings. The van der Waals surface area contributed by atoms with Crippen LogP contribution in [0.15, 0.2) is 24.3 Å². The summed E-state index contributed by atoms with van der Waals surface area (Å²) in [4.78, 5) is 12.0. The Hall–Kier alpha value is -1.39. The van der Waals surface area contributed by atoms with Gasteiger partial charge in [0.15, 0.2) is 0 Å². The number of anilines is 1. The lowest BCUT2D eigenvalue weighted by Gasteiger charge is -2.27. The number of ether oxygens (including phenoxy) is 1. The van der Waals surface area contributed by atoms with E-state index in [4.69, 9.17) is 10.5 Å². The summed E-state index contributed by atoms with van der Waals surface area (Å²) in [6, 6.07) is 7.72. The van der Waals surface area contributed by atoms with Gasteiger partial charge in [0, 0.05) is 12.2 Å². The lowest BCUT2D eigenvalue weighted by atomic mass is 10.0. The number of para-hydroxylation sites is 1. The molecule has 0 spiro atoms. The summed E-state index contributed by atoms with van der Waals surface area (Å²) in [6.45, 7) is 4.72. The quantitative estimate of drug-likeness (QED) is 0.868. The first kappa shape index (κ1) is 15.0. The van der Waals surface area contributed by atoms with E-state index in [1.165, 1.54) is 0 Å². The summed E-state index contributed by atoms with van der Waals surface area (Å²) < 4.78 is 5.85. The number of amides is 1. The van der Waals surface area contributed by atoms with E-state index in [0.29, 0.717) is 12.5 Å². The highest BCUT2D eigenvalue weighted by molar-refractivity contribution is 5.92. The fraction of sp³-hybridized carbons (Fsp3) is 0.562. The Morgan fingerprint density at radius 3 is 2.85 bits per heavy atom. The number of benzene rings is 1. The third-order valence-electron chi connectivity index (χ3n) is 4.11. The molecule has 1 aliphatic rings. The molecule has 4 nitrogen and oxygen atoms in total. The molecule has 3 N–H and O–H groups in total. The molecule has 110 valence electrons. The summed E-state index contributed by atoms with van der Waals surface area (Å²) >= 11 is 0. The average Bonchev–Trinajstić information content (AvgIpc) is 2.82. The molecule has 1 fully saturated rings. The van der Waals surface area contributed by atoms with Crippen molar-refractivity contribution in [3.8, 4) is 0 Å². The Bertz CT molecular complexity index is 475. The number of hydrogen-bond donors (Lipinski definition) is 2. The van der Waals surface area contributed by atoms with Gasteiger partial charge in [-0.1, -0.05) is 25.1 Å². The molecule has 0 aromatic heterocycles. The van der Waals surface area contributed by atoms with Gasteiger partial charge in [-0.15, -0.1) is 0 Å². The van der Waals surface area contributed by atoms with Crippen LogP contribution in [0.25, 0.3) is 0 Å². The molecule has 0 saturated heterocycles. The van der Waals surface area contributed by atoms with Crippen molar-refractivity contribution in [1.29, 1.82) is 0 Å². The third-order valence-corrected chi connectivity index (χ3v) is 4.11. The summed E-state index contributed by atoms with van der Waals surface area (Å²) in [5.74, 6) is 0.504. The first-order valence-corrected chi connectivity index (χ1v) is 7.24. The standard InChI is InChI=1S/C16H24N2O2/c1-12-7-8-16(9-12,11-17)20-10-15(19)18-14-6-4-3-5-13(14)2/h3-6,12H,7-11,17H2,1-2H3,(H,18,19). The highest BCUT2D eigenvalue weighted by atomic mass is 16.5. The second kappa shape index (κ2) is 6.37. The summed E-state index contributed by atoms with van der Waals surface area (Å²) in [6.07, 6.45) is 3.01. The van der Waals surface area contributed by atoms with Gasteiger partial charge < -0.3 is 15.8 Å². The molecule has 0 aliphatic heterocycles. The molecule has 0 radical (unpaired) electrons. The molecule has 4 heteroatoms. The number of rotatable bonds is 5. The Morgan fingerprint density at radius 1 is 1.50 bits per heavy atom. The Balaban J connectivity index is 1.88. The van der Waals surface area contributed by atoms with Crippen LogP contribution in [-0.4, -0.2) is 24.7 Å². The van der Waals surface area contributed by atoms with Crippen molar-refractivity contribution in [1.82, 2.24) is 0 Å². The van der Waals surface area contributed by atoms with Gasteiger partial charge >= 0.3 is 0 Å². The second-order valence-corrected chi connectivity index (χ2v) is 5.89. The van der Waals surface area contributed by atoms with Crippen molar-refractivity contribution in [3.05, 3.63) is 29.8 Å². The molecule has 2 atom stereocenters. The molecule has 1 saturated carbocycles. The van der Waals surface area contributed by atoms with Crippen molar-refractivity contribution in [2.45, 2.75) is 38.7 Å². The number of carbonyl (C=O) groups is 1. The Morgan fingerprint density at radius 2 is 2.25 bits per heavy atom. The number of carbonyl (C=O) groups excluding carboxylic acids is 1. The van der Waals surface area contributed by atoms with Crippen LogP contribution in [0, 0.1) is 12.8 Å². The lowest BCUT2D eigenvalue weighted by Crippen LogP contribution is -2.40. The number of hydrogen-bond acceptors (Lipinski definition) is 3. The van der Waals surface area contributed by atoms with Gasteiger partial charge in [0.05, 0.1) is 5.60 Å². The second-order valence-electron chi connectivity index (χ2n) is 5.89. The molecule has 2 unspecified atom stereocenters. The first-order valence-electron chi connectivity index (χ1n) is 7.24. The van der Waals surface area contributed by atoms with Crippen molar-refractivity contribution < 1.29 is 9.53 Å². The molecule has 1 amide bonds. The molecule has 2 rings (SSSR count). The zero-order chi connectivity index (χ0) is 14.6. The van der Waals surface area contributed by atoms with E-state index >= 15 is 0 Å². The van der Waals surface area contributed by atoms with Crippen LogP contribution in [0.2, 0.25) is 0 Å². The maximum absolute atomic E-state index is 12.0. The van der Waals surface area contributed by atoms with E-state index in [9.17, 15) is 4.79 Å². The molecule has 1 aliphatic carbocycles. The summed E-state index contributed by atoms with van der Waals surface area (Å²) in [5.41, 5.74) is 7.42. The highest BCUT2D eigenvalue weighted by Crippen LogP contribution is 2.36. The molecule has 20 heavy (non-hydrogen) atoms. The Labute approximate surface area is 120 Å². The first-order chi connectivity index (χ1) is 9.54. The predicted molar refractivity (Wildman–Crippen MR) is 80.6 cm³/mol. The van der Waals surface area contributed by atoms with Gasteiger partial charge in [-0.05, 0) is 43.7 Å². The largest absolute Gasteiger partial charge is 0.364 e. The van der Waals surface area contributed by atoms with Crippen LogP contribution in [0.4, 0.5) is 5.69 Å². The van der Waals surface area contributed by atoms with Crippen LogP contribution in [0.1, 0.15) is 31.7 Å². The van der Waals surface area contributed by atoms with Crippen molar-refractivity contribution in [2.24, 2.45) is 11.7 Å². The van der Waals surface area contributed by atoms with Gasteiger partial charge in [0.1, 0.15) is 6.61 Å². The van der Waals surface area contributed by atoms with Crippen LogP contribution in [-0.2, 0) is 9.53 Å². The number of aryl methyl sites for hydroxylation is 1. The topological polar surface area (TPSA) is 64.3 Å². The van der Waals surface area contributed by atoms with E-state index < -0.39 is 0 Å². The van der Waals surface area contributed by atoms with Gasteiger partial charge in [0.25, 0.3) is 0 Å². The van der Waals surface area contributed by atoms with Gasteiger partial charge in [0.2, 0.25) is 5.91 Å². The molecular weight excluding hydrogens is 252 g/mol. The SMILES string of the molecule is Cc1ccccc1NC(=O)COC1(CN)CCC(C)C1.